The Hall–Kier alpha value is -4.18. The smallest absolute Gasteiger partial charge is 0.272 e. The summed E-state index contributed by atoms with van der Waals surface area (Å²) in [4.78, 5) is 25.7. The van der Waals surface area contributed by atoms with Gasteiger partial charge in [-0.1, -0.05) is 30.3 Å². The van der Waals surface area contributed by atoms with E-state index >= 15 is 0 Å². The molecule has 1 aliphatic rings. The van der Waals surface area contributed by atoms with Gasteiger partial charge >= 0.3 is 0 Å². The van der Waals surface area contributed by atoms with Crippen molar-refractivity contribution in [3.8, 4) is 5.75 Å². The Morgan fingerprint density at radius 1 is 0.919 bits per heavy atom. The summed E-state index contributed by atoms with van der Waals surface area (Å²) in [6, 6.07) is 19.5. The third-order valence-corrected chi connectivity index (χ3v) is 7.74. The number of para-hydroxylation sites is 3. The normalized spacial score (nSPS) is 14.3. The number of amides is 1. The predicted molar refractivity (Wildman–Crippen MR) is 143 cm³/mol. The fourth-order valence-electron chi connectivity index (χ4n) is 4.50. The van der Waals surface area contributed by atoms with Crippen LogP contribution >= 0.6 is 0 Å². The maximum Gasteiger partial charge on any atom is 0.272 e. The lowest BCUT2D eigenvalue weighted by Gasteiger charge is -2.25. The van der Waals surface area contributed by atoms with E-state index in [0.717, 1.165) is 29.8 Å². The fourth-order valence-corrected chi connectivity index (χ4v) is 5.72. The van der Waals surface area contributed by atoms with Crippen LogP contribution in [0.25, 0.3) is 10.9 Å². The maximum absolute atomic E-state index is 13.2. The SMILES string of the molecule is COc1ccccc1N1CCCN(C(=O)c2ccc(NS(=O)(=O)c3cccc4cccnc34)cn2)CC1. The molecule has 0 saturated carbocycles. The van der Waals surface area contributed by atoms with E-state index in [4.69, 9.17) is 4.74 Å². The zero-order valence-electron chi connectivity index (χ0n) is 20.4. The van der Waals surface area contributed by atoms with Gasteiger partial charge in [0.1, 0.15) is 16.3 Å². The molecule has 5 rings (SSSR count). The monoisotopic (exact) mass is 517 g/mol. The van der Waals surface area contributed by atoms with Gasteiger partial charge < -0.3 is 14.5 Å². The molecule has 2 aromatic heterocycles. The van der Waals surface area contributed by atoms with E-state index in [9.17, 15) is 13.2 Å². The molecular formula is C27H27N5O4S. The molecule has 1 aliphatic heterocycles. The quantitative estimate of drug-likeness (QED) is 0.415. The molecule has 190 valence electrons. The van der Waals surface area contributed by atoms with Gasteiger partial charge in [0.2, 0.25) is 0 Å². The summed E-state index contributed by atoms with van der Waals surface area (Å²) in [6.07, 6.45) is 3.73. The summed E-state index contributed by atoms with van der Waals surface area (Å²) in [5, 5.41) is 0.728. The molecule has 1 amide bonds. The standard InChI is InChI=1S/C27H27N5O4S/c1-36-24-10-3-2-9-23(24)31-15-6-16-32(18-17-31)27(33)22-13-12-21(19-29-22)30-37(34,35)25-11-4-7-20-8-5-14-28-26(20)25/h2-5,7-14,19,30H,6,15-18H2,1H3. The van der Waals surface area contributed by atoms with Crippen molar-refractivity contribution < 1.29 is 17.9 Å². The van der Waals surface area contributed by atoms with Crippen molar-refractivity contribution in [1.29, 1.82) is 0 Å². The van der Waals surface area contributed by atoms with Crippen LogP contribution in [-0.2, 0) is 10.0 Å². The number of carbonyl (C=O) groups excluding carboxylic acids is 1. The number of aromatic nitrogens is 2. The number of hydrogen-bond acceptors (Lipinski definition) is 7. The average molecular weight is 518 g/mol. The van der Waals surface area contributed by atoms with E-state index in [1.165, 1.54) is 12.3 Å². The third kappa shape index (κ3) is 5.19. The van der Waals surface area contributed by atoms with Crippen LogP contribution in [0.2, 0.25) is 0 Å². The van der Waals surface area contributed by atoms with E-state index in [2.05, 4.69) is 19.6 Å². The average Bonchev–Trinajstić information content (AvgIpc) is 3.19. The number of nitrogens with one attached hydrogen (secondary N) is 1. The highest BCUT2D eigenvalue weighted by Gasteiger charge is 2.23. The minimum atomic E-state index is -3.90. The summed E-state index contributed by atoms with van der Waals surface area (Å²) in [7, 11) is -2.25. The van der Waals surface area contributed by atoms with Crippen LogP contribution in [0.3, 0.4) is 0 Å². The Kier molecular flexibility index (Phi) is 6.91. The number of anilines is 2. The Balaban J connectivity index is 1.27. The first-order valence-corrected chi connectivity index (χ1v) is 13.4. The number of hydrogen-bond donors (Lipinski definition) is 1. The first kappa shape index (κ1) is 24.5. The number of benzene rings is 2. The molecule has 37 heavy (non-hydrogen) atoms. The van der Waals surface area contributed by atoms with E-state index in [0.29, 0.717) is 25.2 Å². The maximum atomic E-state index is 13.2. The van der Waals surface area contributed by atoms with Gasteiger partial charge in [0, 0.05) is 37.8 Å². The van der Waals surface area contributed by atoms with Crippen LogP contribution in [0.15, 0.2) is 84.0 Å². The Labute approximate surface area is 215 Å². The lowest BCUT2D eigenvalue weighted by atomic mass is 10.2. The highest BCUT2D eigenvalue weighted by Crippen LogP contribution is 2.28. The fraction of sp³-hybridized carbons (Fsp3) is 0.222. The number of ether oxygens (including phenoxy) is 1. The molecule has 0 spiro atoms. The molecule has 0 aliphatic carbocycles. The number of carbonyl (C=O) groups is 1. The van der Waals surface area contributed by atoms with E-state index in [1.807, 2.05) is 36.4 Å². The molecule has 1 N–H and O–H groups in total. The van der Waals surface area contributed by atoms with Gasteiger partial charge in [0.25, 0.3) is 15.9 Å². The predicted octanol–water partition coefficient (Wildman–Crippen LogP) is 3.79. The van der Waals surface area contributed by atoms with Crippen molar-refractivity contribution in [3.05, 3.63) is 84.8 Å². The van der Waals surface area contributed by atoms with Gasteiger partial charge in [-0.05, 0) is 42.8 Å². The summed E-state index contributed by atoms with van der Waals surface area (Å²) in [5.74, 6) is 0.621. The number of methoxy groups -OCH3 is 1. The molecule has 1 fully saturated rings. The van der Waals surface area contributed by atoms with Crippen molar-refractivity contribution in [2.24, 2.45) is 0 Å². The molecule has 9 nitrogen and oxygen atoms in total. The zero-order valence-corrected chi connectivity index (χ0v) is 21.2. The number of sulfonamides is 1. The van der Waals surface area contributed by atoms with Gasteiger partial charge in [-0.15, -0.1) is 0 Å². The molecule has 0 radical (unpaired) electrons. The second kappa shape index (κ2) is 10.4. The molecule has 10 heteroatoms. The minimum absolute atomic E-state index is 0.0786. The summed E-state index contributed by atoms with van der Waals surface area (Å²) in [5.41, 5.74) is 1.93. The number of pyridine rings is 2. The van der Waals surface area contributed by atoms with Crippen molar-refractivity contribution in [2.45, 2.75) is 11.3 Å². The first-order valence-electron chi connectivity index (χ1n) is 12.0. The number of nitrogens with zero attached hydrogens (tertiary/aromatic N) is 4. The van der Waals surface area contributed by atoms with E-state index < -0.39 is 10.0 Å². The van der Waals surface area contributed by atoms with Crippen molar-refractivity contribution in [3.63, 3.8) is 0 Å². The van der Waals surface area contributed by atoms with Crippen molar-refractivity contribution >= 4 is 38.2 Å². The van der Waals surface area contributed by atoms with Crippen LogP contribution in [0.1, 0.15) is 16.9 Å². The van der Waals surface area contributed by atoms with Crippen LogP contribution in [0, 0.1) is 0 Å². The number of fused-ring (bicyclic) bond motifs is 1. The van der Waals surface area contributed by atoms with Crippen molar-refractivity contribution in [2.75, 3.05) is 42.9 Å². The van der Waals surface area contributed by atoms with E-state index in [1.54, 1.807) is 42.5 Å². The van der Waals surface area contributed by atoms with Crippen LogP contribution in [0.4, 0.5) is 11.4 Å². The molecule has 2 aromatic carbocycles. The lowest BCUT2D eigenvalue weighted by molar-refractivity contribution is 0.0761. The van der Waals surface area contributed by atoms with Gasteiger partial charge in [-0.25, -0.2) is 13.4 Å². The van der Waals surface area contributed by atoms with E-state index in [-0.39, 0.29) is 22.2 Å². The molecular weight excluding hydrogens is 490 g/mol. The van der Waals surface area contributed by atoms with Crippen LogP contribution in [0.5, 0.6) is 5.75 Å². The largest absolute Gasteiger partial charge is 0.495 e. The Morgan fingerprint density at radius 2 is 1.76 bits per heavy atom. The van der Waals surface area contributed by atoms with Gasteiger partial charge in [0.15, 0.2) is 0 Å². The lowest BCUT2D eigenvalue weighted by Crippen LogP contribution is -2.35. The molecule has 0 bridgehead atoms. The number of rotatable bonds is 6. The Bertz CT molecular complexity index is 1520. The highest BCUT2D eigenvalue weighted by molar-refractivity contribution is 7.93. The summed E-state index contributed by atoms with van der Waals surface area (Å²) < 4.78 is 34.1. The molecule has 0 atom stereocenters. The molecule has 4 aromatic rings. The molecule has 1 saturated heterocycles. The van der Waals surface area contributed by atoms with Gasteiger partial charge in [-0.3, -0.25) is 14.5 Å². The minimum Gasteiger partial charge on any atom is -0.495 e. The molecule has 0 unspecified atom stereocenters. The topological polar surface area (TPSA) is 105 Å². The highest BCUT2D eigenvalue weighted by atomic mass is 32.2. The first-order chi connectivity index (χ1) is 18.0. The molecule has 3 heterocycles. The van der Waals surface area contributed by atoms with Gasteiger partial charge in [0.05, 0.1) is 30.2 Å². The van der Waals surface area contributed by atoms with Crippen LogP contribution < -0.4 is 14.4 Å². The van der Waals surface area contributed by atoms with Crippen molar-refractivity contribution in [1.82, 2.24) is 14.9 Å². The Morgan fingerprint density at radius 3 is 2.57 bits per heavy atom. The second-order valence-corrected chi connectivity index (χ2v) is 10.3. The summed E-state index contributed by atoms with van der Waals surface area (Å²) >= 11 is 0. The van der Waals surface area contributed by atoms with Crippen LogP contribution in [-0.4, -0.2) is 62.5 Å². The third-order valence-electron chi connectivity index (χ3n) is 6.33. The summed E-state index contributed by atoms with van der Waals surface area (Å²) in [6.45, 7) is 2.63. The second-order valence-electron chi connectivity index (χ2n) is 8.67. The zero-order chi connectivity index (χ0) is 25.8. The van der Waals surface area contributed by atoms with Gasteiger partial charge in [-0.2, -0.15) is 0 Å².